The Kier molecular flexibility index (Phi) is 3.60. The van der Waals surface area contributed by atoms with Crippen LogP contribution in [-0.2, 0) is 21.8 Å². The lowest BCUT2D eigenvalue weighted by atomic mass is 10.0. The average molecular weight is 296 g/mol. The van der Waals surface area contributed by atoms with E-state index in [9.17, 15) is 0 Å². The average Bonchev–Trinajstić information content (AvgIpc) is 3.11. The Morgan fingerprint density at radius 1 is 1.40 bits per heavy atom. The van der Waals surface area contributed by atoms with E-state index in [1.54, 1.807) is 30.3 Å². The van der Waals surface area contributed by atoms with Gasteiger partial charge in [0.1, 0.15) is 24.9 Å². The zero-order valence-corrected chi connectivity index (χ0v) is 11.7. The first kappa shape index (κ1) is 13.4. The lowest BCUT2D eigenvalue weighted by molar-refractivity contribution is -0.178. The number of hydrogen-bond donors (Lipinski definition) is 0. The number of methoxy groups -OCH3 is 1. The van der Waals surface area contributed by atoms with Crippen molar-refractivity contribution in [2.24, 2.45) is 0 Å². The molecule has 20 heavy (non-hydrogen) atoms. The van der Waals surface area contributed by atoms with Crippen molar-refractivity contribution >= 4 is 11.6 Å². The predicted molar refractivity (Wildman–Crippen MR) is 71.6 cm³/mol. The maximum atomic E-state index is 6.00. The first-order valence-electron chi connectivity index (χ1n) is 6.18. The number of ether oxygens (including phenoxy) is 3. The second-order valence-corrected chi connectivity index (χ2v) is 4.82. The molecule has 1 aromatic carbocycles. The van der Waals surface area contributed by atoms with E-state index in [4.69, 9.17) is 25.8 Å². The third kappa shape index (κ3) is 2.37. The molecule has 0 saturated carbocycles. The molecule has 1 saturated heterocycles. The van der Waals surface area contributed by atoms with E-state index in [-0.39, 0.29) is 0 Å². The van der Waals surface area contributed by atoms with Gasteiger partial charge in [0.25, 0.3) is 0 Å². The van der Waals surface area contributed by atoms with Crippen LogP contribution in [-0.4, -0.2) is 35.1 Å². The molecule has 0 amide bonds. The number of aromatic nitrogens is 3. The summed E-state index contributed by atoms with van der Waals surface area (Å²) in [4.78, 5) is 3.93. The van der Waals surface area contributed by atoms with Gasteiger partial charge in [-0.05, 0) is 18.2 Å². The Hall–Kier alpha value is -1.63. The van der Waals surface area contributed by atoms with Crippen molar-refractivity contribution < 1.29 is 14.2 Å². The van der Waals surface area contributed by atoms with Crippen molar-refractivity contribution in [3.05, 3.63) is 41.4 Å². The fourth-order valence-corrected chi connectivity index (χ4v) is 2.46. The van der Waals surface area contributed by atoms with E-state index in [2.05, 4.69) is 10.1 Å². The molecule has 1 aliphatic rings. The quantitative estimate of drug-likeness (QED) is 0.861. The van der Waals surface area contributed by atoms with Crippen LogP contribution in [0.5, 0.6) is 5.75 Å². The summed E-state index contributed by atoms with van der Waals surface area (Å²) in [6.07, 6.45) is 3.09. The number of benzene rings is 1. The van der Waals surface area contributed by atoms with Crippen molar-refractivity contribution in [3.63, 3.8) is 0 Å². The molecule has 106 valence electrons. The minimum atomic E-state index is -0.927. The van der Waals surface area contributed by atoms with Crippen LogP contribution in [0, 0.1) is 0 Å². The molecule has 1 aliphatic heterocycles. The summed E-state index contributed by atoms with van der Waals surface area (Å²) in [6, 6.07) is 5.38. The zero-order valence-electron chi connectivity index (χ0n) is 11.0. The summed E-state index contributed by atoms with van der Waals surface area (Å²) in [5.41, 5.74) is 0.789. The molecule has 0 spiro atoms. The third-order valence-corrected chi connectivity index (χ3v) is 3.40. The highest BCUT2D eigenvalue weighted by Gasteiger charge is 2.41. The molecule has 0 unspecified atom stereocenters. The summed E-state index contributed by atoms with van der Waals surface area (Å²) in [6.45, 7) is 1.42. The molecule has 2 aromatic rings. The monoisotopic (exact) mass is 295 g/mol. The topological polar surface area (TPSA) is 58.4 Å². The van der Waals surface area contributed by atoms with Crippen molar-refractivity contribution in [2.45, 2.75) is 12.3 Å². The molecule has 7 heteroatoms. The second kappa shape index (κ2) is 5.40. The van der Waals surface area contributed by atoms with E-state index < -0.39 is 5.79 Å². The maximum absolute atomic E-state index is 6.00. The zero-order chi connectivity index (χ0) is 14.0. The number of halogens is 1. The van der Waals surface area contributed by atoms with Gasteiger partial charge in [-0.15, -0.1) is 0 Å². The van der Waals surface area contributed by atoms with Crippen molar-refractivity contribution in [1.82, 2.24) is 14.8 Å². The fraction of sp³-hybridized carbons (Fsp3) is 0.385. The van der Waals surface area contributed by atoms with Crippen LogP contribution in [0.2, 0.25) is 5.02 Å². The summed E-state index contributed by atoms with van der Waals surface area (Å²) >= 11 is 6.00. The van der Waals surface area contributed by atoms with Crippen molar-refractivity contribution in [2.75, 3.05) is 20.3 Å². The van der Waals surface area contributed by atoms with Gasteiger partial charge in [-0.1, -0.05) is 11.6 Å². The van der Waals surface area contributed by atoms with Crippen molar-refractivity contribution in [1.29, 1.82) is 0 Å². The molecule has 2 heterocycles. The molecular weight excluding hydrogens is 282 g/mol. The van der Waals surface area contributed by atoms with Crippen LogP contribution in [0.4, 0.5) is 0 Å². The molecule has 0 atom stereocenters. The highest BCUT2D eigenvalue weighted by Crippen LogP contribution is 2.39. The Morgan fingerprint density at radius 2 is 2.20 bits per heavy atom. The van der Waals surface area contributed by atoms with Crippen LogP contribution >= 0.6 is 11.6 Å². The van der Waals surface area contributed by atoms with E-state index >= 15 is 0 Å². The fourth-order valence-electron chi connectivity index (χ4n) is 2.29. The van der Waals surface area contributed by atoms with E-state index in [1.807, 2.05) is 6.07 Å². The minimum absolute atomic E-state index is 0.394. The van der Waals surface area contributed by atoms with Gasteiger partial charge < -0.3 is 14.2 Å². The van der Waals surface area contributed by atoms with Crippen LogP contribution in [0.3, 0.4) is 0 Å². The van der Waals surface area contributed by atoms with Crippen LogP contribution in [0.25, 0.3) is 0 Å². The van der Waals surface area contributed by atoms with Gasteiger partial charge in [0.2, 0.25) is 5.79 Å². The highest BCUT2D eigenvalue weighted by molar-refractivity contribution is 6.30. The van der Waals surface area contributed by atoms with Crippen LogP contribution in [0.1, 0.15) is 5.56 Å². The van der Waals surface area contributed by atoms with Gasteiger partial charge in [-0.2, -0.15) is 5.10 Å². The maximum Gasteiger partial charge on any atom is 0.219 e. The molecule has 0 aliphatic carbocycles. The van der Waals surface area contributed by atoms with Gasteiger partial charge in [-0.3, -0.25) is 0 Å². The molecule has 1 fully saturated rings. The minimum Gasteiger partial charge on any atom is -0.496 e. The van der Waals surface area contributed by atoms with E-state index in [0.29, 0.717) is 30.5 Å². The Balaban J connectivity index is 2.02. The molecular formula is C13H14ClN3O3. The Labute approximate surface area is 121 Å². The smallest absolute Gasteiger partial charge is 0.219 e. The van der Waals surface area contributed by atoms with Gasteiger partial charge in [-0.25, -0.2) is 9.67 Å². The van der Waals surface area contributed by atoms with Gasteiger partial charge in [0.15, 0.2) is 0 Å². The molecule has 1 aromatic heterocycles. The van der Waals surface area contributed by atoms with E-state index in [1.165, 1.54) is 6.33 Å². The standard InChI is InChI=1S/C13H14ClN3O3/c1-18-12-6-10(14)2-3-11(12)13(19-4-5-20-13)7-17-9-15-8-16-17/h2-3,6,8-9H,4-5,7H2,1H3. The second-order valence-electron chi connectivity index (χ2n) is 4.39. The predicted octanol–water partition coefficient (Wildman–Crippen LogP) is 1.84. The molecule has 0 N–H and O–H groups in total. The van der Waals surface area contributed by atoms with Crippen molar-refractivity contribution in [3.8, 4) is 5.75 Å². The summed E-state index contributed by atoms with van der Waals surface area (Å²) in [5.74, 6) is -0.302. The summed E-state index contributed by atoms with van der Waals surface area (Å²) in [7, 11) is 1.59. The lowest BCUT2D eigenvalue weighted by Gasteiger charge is -2.29. The molecule has 6 nitrogen and oxygen atoms in total. The summed E-state index contributed by atoms with van der Waals surface area (Å²) in [5, 5.41) is 4.70. The Bertz CT molecular complexity index is 583. The third-order valence-electron chi connectivity index (χ3n) is 3.16. The largest absolute Gasteiger partial charge is 0.496 e. The molecule has 0 radical (unpaired) electrons. The molecule has 3 rings (SSSR count). The number of nitrogens with zero attached hydrogens (tertiary/aromatic N) is 3. The van der Waals surface area contributed by atoms with Gasteiger partial charge in [0, 0.05) is 5.02 Å². The lowest BCUT2D eigenvalue weighted by Crippen LogP contribution is -2.33. The number of rotatable bonds is 4. The van der Waals surface area contributed by atoms with E-state index in [0.717, 1.165) is 5.56 Å². The van der Waals surface area contributed by atoms with Crippen LogP contribution < -0.4 is 4.74 Å². The SMILES string of the molecule is COc1cc(Cl)ccc1C1(Cn2cncn2)OCCO1. The normalized spacial score (nSPS) is 17.3. The van der Waals surface area contributed by atoms with Gasteiger partial charge >= 0.3 is 0 Å². The highest BCUT2D eigenvalue weighted by atomic mass is 35.5. The number of hydrogen-bond acceptors (Lipinski definition) is 5. The Morgan fingerprint density at radius 3 is 2.85 bits per heavy atom. The first-order valence-corrected chi connectivity index (χ1v) is 6.56. The molecule has 0 bridgehead atoms. The first-order chi connectivity index (χ1) is 9.73. The summed E-state index contributed by atoms with van der Waals surface area (Å²) < 4.78 is 18.8. The van der Waals surface area contributed by atoms with Gasteiger partial charge in [0.05, 0.1) is 25.9 Å². The van der Waals surface area contributed by atoms with Crippen LogP contribution in [0.15, 0.2) is 30.9 Å².